The summed E-state index contributed by atoms with van der Waals surface area (Å²) in [6.07, 6.45) is 4.92. The summed E-state index contributed by atoms with van der Waals surface area (Å²) in [6, 6.07) is 9.62. The lowest BCUT2D eigenvalue weighted by Crippen LogP contribution is -2.45. The monoisotopic (exact) mass is 400 g/mol. The minimum absolute atomic E-state index is 0.0120. The number of aromatic nitrogens is 1. The molecule has 8 heteroatoms. The average Bonchev–Trinajstić information content (AvgIpc) is 3.23. The standard InChI is InChI=1S/C20H24N4O3S/c25-18(22-20-21-8-15-28-20)16-24(10-9-23-11-13-27-14-12-23)19(26)7-6-17-4-2-1-3-5-17/h1-8,15H,9-14,16H2,(H,21,22,25). The Kier molecular flexibility index (Phi) is 7.71. The molecule has 1 aromatic carbocycles. The Morgan fingerprint density at radius 2 is 2.04 bits per heavy atom. The number of rotatable bonds is 8. The molecule has 1 aromatic heterocycles. The number of nitrogens with zero attached hydrogens (tertiary/aromatic N) is 3. The van der Waals surface area contributed by atoms with Crippen LogP contribution in [-0.2, 0) is 14.3 Å². The van der Waals surface area contributed by atoms with E-state index in [0.717, 1.165) is 18.7 Å². The van der Waals surface area contributed by atoms with Gasteiger partial charge in [0.15, 0.2) is 5.13 Å². The molecule has 0 radical (unpaired) electrons. The van der Waals surface area contributed by atoms with Crippen molar-refractivity contribution < 1.29 is 14.3 Å². The fraction of sp³-hybridized carbons (Fsp3) is 0.350. The van der Waals surface area contributed by atoms with Gasteiger partial charge in [0.2, 0.25) is 11.8 Å². The number of nitrogens with one attached hydrogen (secondary N) is 1. The van der Waals surface area contributed by atoms with Gasteiger partial charge in [0.1, 0.15) is 6.54 Å². The average molecular weight is 401 g/mol. The molecule has 0 unspecified atom stereocenters. The van der Waals surface area contributed by atoms with Crippen molar-refractivity contribution in [2.24, 2.45) is 0 Å². The first kappa shape index (κ1) is 20.2. The summed E-state index contributed by atoms with van der Waals surface area (Å²) >= 11 is 1.35. The third kappa shape index (κ3) is 6.56. The van der Waals surface area contributed by atoms with Crippen molar-refractivity contribution in [3.63, 3.8) is 0 Å². The van der Waals surface area contributed by atoms with Crippen LogP contribution in [0.25, 0.3) is 6.08 Å². The highest BCUT2D eigenvalue weighted by Gasteiger charge is 2.18. The quantitative estimate of drug-likeness (QED) is 0.686. The van der Waals surface area contributed by atoms with Crippen molar-refractivity contribution in [1.82, 2.24) is 14.8 Å². The van der Waals surface area contributed by atoms with Crippen LogP contribution >= 0.6 is 11.3 Å². The Bertz CT molecular complexity index is 774. The summed E-state index contributed by atoms with van der Waals surface area (Å²) < 4.78 is 5.36. The van der Waals surface area contributed by atoms with E-state index in [1.165, 1.54) is 17.4 Å². The Labute approximate surface area is 168 Å². The number of amides is 2. The maximum Gasteiger partial charge on any atom is 0.247 e. The molecule has 3 rings (SSSR count). The van der Waals surface area contributed by atoms with Gasteiger partial charge in [-0.05, 0) is 11.6 Å². The third-order valence-electron chi connectivity index (χ3n) is 4.33. The minimum Gasteiger partial charge on any atom is -0.379 e. The summed E-state index contributed by atoms with van der Waals surface area (Å²) in [7, 11) is 0. The molecule has 1 saturated heterocycles. The van der Waals surface area contributed by atoms with Crippen molar-refractivity contribution in [3.8, 4) is 0 Å². The van der Waals surface area contributed by atoms with Gasteiger partial charge in [0.25, 0.3) is 0 Å². The second kappa shape index (κ2) is 10.7. The van der Waals surface area contributed by atoms with Crippen LogP contribution in [0.4, 0.5) is 5.13 Å². The highest BCUT2D eigenvalue weighted by atomic mass is 32.1. The zero-order valence-corrected chi connectivity index (χ0v) is 16.4. The smallest absolute Gasteiger partial charge is 0.247 e. The van der Waals surface area contributed by atoms with Gasteiger partial charge in [-0.2, -0.15) is 0 Å². The molecule has 0 bridgehead atoms. The first-order valence-electron chi connectivity index (χ1n) is 9.22. The van der Waals surface area contributed by atoms with Crippen LogP contribution in [0.2, 0.25) is 0 Å². The molecule has 1 aliphatic heterocycles. The molecule has 28 heavy (non-hydrogen) atoms. The fourth-order valence-electron chi connectivity index (χ4n) is 2.81. The molecule has 2 heterocycles. The van der Waals surface area contributed by atoms with E-state index >= 15 is 0 Å². The number of morpholine rings is 1. The predicted molar refractivity (Wildman–Crippen MR) is 110 cm³/mol. The molecule has 0 atom stereocenters. The first-order chi connectivity index (χ1) is 13.7. The van der Waals surface area contributed by atoms with Gasteiger partial charge in [-0.15, -0.1) is 11.3 Å². The lowest BCUT2D eigenvalue weighted by Gasteiger charge is -2.29. The first-order valence-corrected chi connectivity index (χ1v) is 10.1. The Balaban J connectivity index is 1.61. The van der Waals surface area contributed by atoms with E-state index in [1.54, 1.807) is 22.6 Å². The van der Waals surface area contributed by atoms with Crippen molar-refractivity contribution >= 4 is 34.4 Å². The van der Waals surface area contributed by atoms with E-state index in [0.29, 0.717) is 31.4 Å². The molecular weight excluding hydrogens is 376 g/mol. The highest BCUT2D eigenvalue weighted by Crippen LogP contribution is 2.10. The maximum absolute atomic E-state index is 12.7. The second-order valence-electron chi connectivity index (χ2n) is 6.34. The molecule has 2 aromatic rings. The normalized spacial score (nSPS) is 14.9. The number of hydrogen-bond donors (Lipinski definition) is 1. The zero-order valence-electron chi connectivity index (χ0n) is 15.6. The lowest BCUT2D eigenvalue weighted by molar-refractivity contribution is -0.130. The van der Waals surface area contributed by atoms with E-state index in [-0.39, 0.29) is 18.4 Å². The number of ether oxygens (including phenoxy) is 1. The van der Waals surface area contributed by atoms with Crippen molar-refractivity contribution in [3.05, 3.63) is 53.5 Å². The van der Waals surface area contributed by atoms with Crippen molar-refractivity contribution in [2.45, 2.75) is 0 Å². The summed E-state index contributed by atoms with van der Waals surface area (Å²) in [5.41, 5.74) is 0.941. The Morgan fingerprint density at radius 1 is 1.25 bits per heavy atom. The van der Waals surface area contributed by atoms with Gasteiger partial charge >= 0.3 is 0 Å². The third-order valence-corrected chi connectivity index (χ3v) is 5.02. The van der Waals surface area contributed by atoms with Crippen LogP contribution in [0, 0.1) is 0 Å². The SMILES string of the molecule is O=C(CN(CCN1CCOCC1)C(=O)C=Cc1ccccc1)Nc1nccs1. The van der Waals surface area contributed by atoms with E-state index in [4.69, 9.17) is 4.74 Å². The van der Waals surface area contributed by atoms with Gasteiger partial charge in [0, 0.05) is 43.8 Å². The second-order valence-corrected chi connectivity index (χ2v) is 7.24. The van der Waals surface area contributed by atoms with Gasteiger partial charge < -0.3 is 15.0 Å². The van der Waals surface area contributed by atoms with Crippen LogP contribution in [0.3, 0.4) is 0 Å². The van der Waals surface area contributed by atoms with Crippen LogP contribution in [0.5, 0.6) is 0 Å². The zero-order chi connectivity index (χ0) is 19.6. The van der Waals surface area contributed by atoms with E-state index < -0.39 is 0 Å². The Morgan fingerprint density at radius 3 is 2.75 bits per heavy atom. The van der Waals surface area contributed by atoms with Crippen LogP contribution in [0.15, 0.2) is 48.0 Å². The van der Waals surface area contributed by atoms with Gasteiger partial charge in [-0.3, -0.25) is 14.5 Å². The van der Waals surface area contributed by atoms with Gasteiger partial charge in [0.05, 0.1) is 13.2 Å². The molecule has 0 aliphatic carbocycles. The summed E-state index contributed by atoms with van der Waals surface area (Å²) in [4.78, 5) is 32.9. The molecule has 2 amide bonds. The molecule has 7 nitrogen and oxygen atoms in total. The molecule has 148 valence electrons. The highest BCUT2D eigenvalue weighted by molar-refractivity contribution is 7.13. The summed E-state index contributed by atoms with van der Waals surface area (Å²) in [6.45, 7) is 4.25. The lowest BCUT2D eigenvalue weighted by atomic mass is 10.2. The molecule has 0 spiro atoms. The van der Waals surface area contributed by atoms with Crippen LogP contribution < -0.4 is 5.32 Å². The molecule has 1 aliphatic rings. The predicted octanol–water partition coefficient (Wildman–Crippen LogP) is 1.96. The van der Waals surface area contributed by atoms with Gasteiger partial charge in [-0.1, -0.05) is 30.3 Å². The van der Waals surface area contributed by atoms with Crippen LogP contribution in [0.1, 0.15) is 5.56 Å². The summed E-state index contributed by atoms with van der Waals surface area (Å²) in [5.74, 6) is -0.440. The number of thiazole rings is 1. The van der Waals surface area contributed by atoms with E-state index in [2.05, 4.69) is 15.2 Å². The molecule has 0 saturated carbocycles. The molecule has 1 N–H and O–H groups in total. The molecular formula is C20H24N4O3S. The van der Waals surface area contributed by atoms with E-state index in [9.17, 15) is 9.59 Å². The van der Waals surface area contributed by atoms with Gasteiger partial charge in [-0.25, -0.2) is 4.98 Å². The topological polar surface area (TPSA) is 74.8 Å². The number of carbonyl (C=O) groups excluding carboxylic acids is 2. The number of carbonyl (C=O) groups is 2. The number of anilines is 1. The van der Waals surface area contributed by atoms with Crippen LogP contribution in [-0.4, -0.2) is 72.5 Å². The number of benzene rings is 1. The minimum atomic E-state index is -0.251. The van der Waals surface area contributed by atoms with Crippen molar-refractivity contribution in [2.75, 3.05) is 51.3 Å². The number of hydrogen-bond acceptors (Lipinski definition) is 6. The largest absolute Gasteiger partial charge is 0.379 e. The molecule has 1 fully saturated rings. The maximum atomic E-state index is 12.7. The Hall–Kier alpha value is -2.55. The van der Waals surface area contributed by atoms with E-state index in [1.807, 2.05) is 30.3 Å². The van der Waals surface area contributed by atoms with Crippen molar-refractivity contribution in [1.29, 1.82) is 0 Å². The fourth-order valence-corrected chi connectivity index (χ4v) is 3.35. The summed E-state index contributed by atoms with van der Waals surface area (Å²) in [5, 5.41) is 5.06.